The number of anilines is 4. The molecule has 13 nitrogen and oxygen atoms in total. The molecular formula is C29H34ClN9O4S. The van der Waals surface area contributed by atoms with Gasteiger partial charge in [-0.25, -0.2) is 18.1 Å². The third kappa shape index (κ3) is 6.93. The second-order valence-corrected chi connectivity index (χ2v) is 13.4. The minimum Gasteiger partial charge on any atom is -0.494 e. The molecule has 5 rings (SSSR count). The molecule has 0 aliphatic carbocycles. The fourth-order valence-electron chi connectivity index (χ4n) is 4.71. The lowest BCUT2D eigenvalue weighted by Gasteiger charge is -2.33. The van der Waals surface area contributed by atoms with Gasteiger partial charge in [0.1, 0.15) is 10.8 Å². The molecule has 0 saturated carbocycles. The van der Waals surface area contributed by atoms with Crippen molar-refractivity contribution in [3.8, 4) is 11.4 Å². The van der Waals surface area contributed by atoms with Crippen LogP contribution < -0.4 is 15.4 Å². The molecule has 0 radical (unpaired) electrons. The van der Waals surface area contributed by atoms with Gasteiger partial charge in [-0.3, -0.25) is 9.69 Å². The molecule has 44 heavy (non-hydrogen) atoms. The number of hydrogen-bond acceptors (Lipinski definition) is 11. The number of methoxy groups -OCH3 is 1. The van der Waals surface area contributed by atoms with Crippen LogP contribution in [0.2, 0.25) is 5.02 Å². The minimum absolute atomic E-state index is 0.0997. The number of hydrogen-bond donors (Lipinski definition) is 2. The SMILES string of the molecule is COc1cc(-n2cc(CN3CCN(C(C)=O)CC3)nn2)ccc1Nc1ncc(Cl)c(Nc2ccccc2S(=O)(=O)C(C)C)n1. The van der Waals surface area contributed by atoms with Crippen LogP contribution in [0.1, 0.15) is 26.5 Å². The van der Waals surface area contributed by atoms with E-state index in [9.17, 15) is 13.2 Å². The van der Waals surface area contributed by atoms with Crippen molar-refractivity contribution in [1.82, 2.24) is 34.8 Å². The van der Waals surface area contributed by atoms with E-state index in [1.807, 2.05) is 29.3 Å². The van der Waals surface area contributed by atoms with Crippen LogP contribution >= 0.6 is 11.6 Å². The Balaban J connectivity index is 1.31. The number of ether oxygens (including phenoxy) is 1. The molecule has 1 fully saturated rings. The monoisotopic (exact) mass is 639 g/mol. The van der Waals surface area contributed by atoms with E-state index in [0.717, 1.165) is 24.5 Å². The van der Waals surface area contributed by atoms with Gasteiger partial charge in [-0.1, -0.05) is 28.9 Å². The number of carbonyl (C=O) groups is 1. The van der Waals surface area contributed by atoms with Crippen LogP contribution in [-0.4, -0.2) is 87.6 Å². The zero-order chi connectivity index (χ0) is 31.4. The summed E-state index contributed by atoms with van der Waals surface area (Å²) in [5.74, 6) is 1.08. The Bertz CT molecular complexity index is 1760. The molecule has 0 unspecified atom stereocenters. The van der Waals surface area contributed by atoms with Crippen LogP contribution in [0.25, 0.3) is 5.69 Å². The zero-order valence-corrected chi connectivity index (χ0v) is 26.4. The van der Waals surface area contributed by atoms with Crippen LogP contribution in [0.4, 0.5) is 23.1 Å². The van der Waals surface area contributed by atoms with E-state index in [0.29, 0.717) is 36.8 Å². The number of nitrogens with zero attached hydrogens (tertiary/aromatic N) is 7. The Morgan fingerprint density at radius 3 is 2.52 bits per heavy atom. The van der Waals surface area contributed by atoms with E-state index in [-0.39, 0.29) is 27.6 Å². The Hall–Kier alpha value is -4.27. The summed E-state index contributed by atoms with van der Waals surface area (Å²) < 4.78 is 33.1. The van der Waals surface area contributed by atoms with E-state index in [1.54, 1.807) is 56.8 Å². The van der Waals surface area contributed by atoms with Gasteiger partial charge < -0.3 is 20.3 Å². The molecule has 1 aliphatic rings. The molecule has 1 aliphatic heterocycles. The molecule has 2 N–H and O–H groups in total. The predicted octanol–water partition coefficient (Wildman–Crippen LogP) is 4.05. The number of sulfone groups is 1. The first kappa shape index (κ1) is 31.2. The van der Waals surface area contributed by atoms with Crippen molar-refractivity contribution in [3.05, 3.63) is 65.6 Å². The maximum absolute atomic E-state index is 12.9. The van der Waals surface area contributed by atoms with E-state index in [2.05, 4.69) is 35.8 Å². The lowest BCUT2D eigenvalue weighted by Crippen LogP contribution is -2.47. The normalized spacial score (nSPS) is 14.1. The van der Waals surface area contributed by atoms with Crippen molar-refractivity contribution in [1.29, 1.82) is 0 Å². The maximum atomic E-state index is 12.9. The molecule has 0 atom stereocenters. The van der Waals surface area contributed by atoms with Crippen LogP contribution in [0, 0.1) is 0 Å². The van der Waals surface area contributed by atoms with Gasteiger partial charge in [-0.05, 0) is 38.1 Å². The van der Waals surface area contributed by atoms with Gasteiger partial charge in [-0.15, -0.1) is 5.10 Å². The molecule has 3 heterocycles. The van der Waals surface area contributed by atoms with Gasteiger partial charge in [0.15, 0.2) is 15.7 Å². The Morgan fingerprint density at radius 1 is 1.07 bits per heavy atom. The summed E-state index contributed by atoms with van der Waals surface area (Å²) in [5.41, 5.74) is 2.52. The summed E-state index contributed by atoms with van der Waals surface area (Å²) in [6.07, 6.45) is 3.30. The molecule has 1 amide bonds. The Kier molecular flexibility index (Phi) is 9.32. The number of halogens is 1. The number of rotatable bonds is 10. The van der Waals surface area contributed by atoms with Crippen molar-refractivity contribution in [2.75, 3.05) is 43.9 Å². The third-order valence-electron chi connectivity index (χ3n) is 7.25. The van der Waals surface area contributed by atoms with Gasteiger partial charge in [0, 0.05) is 45.7 Å². The second-order valence-electron chi connectivity index (χ2n) is 10.6. The van der Waals surface area contributed by atoms with Crippen molar-refractivity contribution < 1.29 is 17.9 Å². The smallest absolute Gasteiger partial charge is 0.229 e. The number of carbonyl (C=O) groups excluding carboxylic acids is 1. The number of amides is 1. The van der Waals surface area contributed by atoms with Crippen molar-refractivity contribution in [2.45, 2.75) is 37.5 Å². The molecule has 2 aromatic heterocycles. The number of para-hydroxylation sites is 1. The number of aromatic nitrogens is 5. The third-order valence-corrected chi connectivity index (χ3v) is 9.74. The van der Waals surface area contributed by atoms with Crippen LogP contribution in [-0.2, 0) is 21.2 Å². The molecule has 2 aromatic carbocycles. The van der Waals surface area contributed by atoms with Crippen LogP contribution in [0.5, 0.6) is 5.75 Å². The van der Waals surface area contributed by atoms with E-state index in [4.69, 9.17) is 16.3 Å². The highest BCUT2D eigenvalue weighted by atomic mass is 35.5. The highest BCUT2D eigenvalue weighted by Gasteiger charge is 2.23. The average molecular weight is 640 g/mol. The van der Waals surface area contributed by atoms with Crippen molar-refractivity contribution in [2.24, 2.45) is 0 Å². The van der Waals surface area contributed by atoms with E-state index < -0.39 is 15.1 Å². The molecule has 0 bridgehead atoms. The first-order valence-corrected chi connectivity index (χ1v) is 15.9. The number of piperazine rings is 1. The first-order chi connectivity index (χ1) is 21.0. The predicted molar refractivity (Wildman–Crippen MR) is 168 cm³/mol. The Labute approximate surface area is 261 Å². The van der Waals surface area contributed by atoms with Gasteiger partial charge in [0.25, 0.3) is 0 Å². The second kappa shape index (κ2) is 13.2. The van der Waals surface area contributed by atoms with Gasteiger partial charge in [-0.2, -0.15) is 4.98 Å². The van der Waals surface area contributed by atoms with E-state index in [1.165, 1.54) is 6.20 Å². The lowest BCUT2D eigenvalue weighted by molar-refractivity contribution is -0.130. The van der Waals surface area contributed by atoms with Crippen LogP contribution in [0.15, 0.2) is 59.8 Å². The molecular weight excluding hydrogens is 606 g/mol. The zero-order valence-electron chi connectivity index (χ0n) is 24.9. The summed E-state index contributed by atoms with van der Waals surface area (Å²) in [4.78, 5) is 24.6. The van der Waals surface area contributed by atoms with Crippen molar-refractivity contribution >= 4 is 50.5 Å². The average Bonchev–Trinajstić information content (AvgIpc) is 3.48. The quantitative estimate of drug-likeness (QED) is 0.259. The fraction of sp³-hybridized carbons (Fsp3) is 0.345. The molecule has 4 aromatic rings. The standard InChI is InChI=1S/C29H34ClN9O4S/c1-19(2)44(41,42)27-8-6-5-7-25(27)32-28-23(30)16-31-29(34-28)33-24-10-9-22(15-26(24)43-4)39-18-21(35-36-39)17-37-11-13-38(14-12-37)20(3)40/h5-10,15-16,18-19H,11-14,17H2,1-4H3,(H2,31,32,33,34). The van der Waals surface area contributed by atoms with E-state index >= 15 is 0 Å². The van der Waals surface area contributed by atoms with Crippen LogP contribution in [0.3, 0.4) is 0 Å². The molecule has 1 saturated heterocycles. The van der Waals surface area contributed by atoms with Gasteiger partial charge in [0.05, 0.1) is 52.4 Å². The number of nitrogens with one attached hydrogen (secondary N) is 2. The van der Waals surface area contributed by atoms with Crippen molar-refractivity contribution in [3.63, 3.8) is 0 Å². The number of benzene rings is 2. The first-order valence-electron chi connectivity index (χ1n) is 14.0. The van der Waals surface area contributed by atoms with Gasteiger partial charge in [0.2, 0.25) is 11.9 Å². The summed E-state index contributed by atoms with van der Waals surface area (Å²) in [6, 6.07) is 12.1. The summed E-state index contributed by atoms with van der Waals surface area (Å²) in [5, 5.41) is 14.4. The summed E-state index contributed by atoms with van der Waals surface area (Å²) >= 11 is 6.38. The maximum Gasteiger partial charge on any atom is 0.229 e. The highest BCUT2D eigenvalue weighted by Crippen LogP contribution is 2.32. The topological polar surface area (TPSA) is 147 Å². The molecule has 232 valence electrons. The Morgan fingerprint density at radius 2 is 1.82 bits per heavy atom. The molecule has 15 heteroatoms. The lowest BCUT2D eigenvalue weighted by atomic mass is 10.2. The fourth-order valence-corrected chi connectivity index (χ4v) is 6.05. The largest absolute Gasteiger partial charge is 0.494 e. The summed E-state index contributed by atoms with van der Waals surface area (Å²) in [7, 11) is -2.00. The molecule has 0 spiro atoms. The minimum atomic E-state index is -3.55. The van der Waals surface area contributed by atoms with Gasteiger partial charge >= 0.3 is 0 Å². The summed E-state index contributed by atoms with van der Waals surface area (Å²) in [6.45, 7) is 8.48. The highest BCUT2D eigenvalue weighted by molar-refractivity contribution is 7.92.